The van der Waals surface area contributed by atoms with Gasteiger partial charge in [-0.1, -0.05) is 44.3 Å². The summed E-state index contributed by atoms with van der Waals surface area (Å²) < 4.78 is 11.0. The van der Waals surface area contributed by atoms with Crippen molar-refractivity contribution in [1.82, 2.24) is 10.2 Å². The fourth-order valence-corrected chi connectivity index (χ4v) is 4.14. The summed E-state index contributed by atoms with van der Waals surface area (Å²) >= 11 is 0. The van der Waals surface area contributed by atoms with Crippen LogP contribution in [-0.2, 0) is 19.1 Å². The van der Waals surface area contributed by atoms with Crippen molar-refractivity contribution in [1.29, 1.82) is 0 Å². The van der Waals surface area contributed by atoms with E-state index in [2.05, 4.69) is 5.32 Å². The molecule has 1 saturated carbocycles. The summed E-state index contributed by atoms with van der Waals surface area (Å²) in [5.74, 6) is 0.813. The van der Waals surface area contributed by atoms with Crippen molar-refractivity contribution in [3.63, 3.8) is 0 Å². The fraction of sp³-hybridized carbons (Fsp3) is 0.800. The zero-order valence-corrected chi connectivity index (χ0v) is 15.7. The van der Waals surface area contributed by atoms with Gasteiger partial charge in [0.05, 0.1) is 25.9 Å². The molecule has 2 fully saturated rings. The minimum absolute atomic E-state index is 0.0781. The van der Waals surface area contributed by atoms with Crippen molar-refractivity contribution < 1.29 is 19.1 Å². The summed E-state index contributed by atoms with van der Waals surface area (Å²) in [4.78, 5) is 26.9. The van der Waals surface area contributed by atoms with Gasteiger partial charge in [-0.2, -0.15) is 0 Å². The summed E-state index contributed by atoms with van der Waals surface area (Å²) in [6.45, 7) is 2.59. The molecule has 0 aromatic heterocycles. The van der Waals surface area contributed by atoms with E-state index in [1.807, 2.05) is 17.1 Å². The number of morpholine rings is 1. The van der Waals surface area contributed by atoms with Gasteiger partial charge in [-0.15, -0.1) is 0 Å². The first-order chi connectivity index (χ1) is 12.7. The third-order valence-electron chi connectivity index (χ3n) is 5.75. The Morgan fingerprint density at radius 2 is 2.00 bits per heavy atom. The number of carbonyl (C=O) groups excluding carboxylic acids is 2. The van der Waals surface area contributed by atoms with E-state index in [0.717, 1.165) is 6.42 Å². The summed E-state index contributed by atoms with van der Waals surface area (Å²) in [6, 6.07) is -0.0781. The summed E-state index contributed by atoms with van der Waals surface area (Å²) in [5, 5.41) is 2.94. The SMILES string of the molecule is O=C(NCC1COCCN1C(=O)CCC1CCCCC1)C1CC=CCO1. The van der Waals surface area contributed by atoms with Crippen molar-refractivity contribution in [2.45, 2.75) is 63.5 Å². The van der Waals surface area contributed by atoms with E-state index in [9.17, 15) is 9.59 Å². The smallest absolute Gasteiger partial charge is 0.249 e. The van der Waals surface area contributed by atoms with Crippen molar-refractivity contribution in [3.8, 4) is 0 Å². The predicted octanol–water partition coefficient (Wildman–Crippen LogP) is 2.04. The minimum Gasteiger partial charge on any atom is -0.377 e. The number of rotatable bonds is 6. The van der Waals surface area contributed by atoms with Gasteiger partial charge in [0, 0.05) is 25.9 Å². The monoisotopic (exact) mass is 364 g/mol. The highest BCUT2D eigenvalue weighted by atomic mass is 16.5. The zero-order valence-electron chi connectivity index (χ0n) is 15.7. The highest BCUT2D eigenvalue weighted by Crippen LogP contribution is 2.27. The highest BCUT2D eigenvalue weighted by molar-refractivity contribution is 5.81. The topological polar surface area (TPSA) is 67.9 Å². The van der Waals surface area contributed by atoms with Crippen LogP contribution in [0.5, 0.6) is 0 Å². The Morgan fingerprint density at radius 3 is 2.77 bits per heavy atom. The third-order valence-corrected chi connectivity index (χ3v) is 5.75. The molecule has 1 N–H and O–H groups in total. The van der Waals surface area contributed by atoms with Crippen LogP contribution in [0.4, 0.5) is 0 Å². The molecule has 1 aliphatic carbocycles. The third kappa shape index (κ3) is 5.55. The van der Waals surface area contributed by atoms with E-state index < -0.39 is 6.10 Å². The number of nitrogens with one attached hydrogen (secondary N) is 1. The van der Waals surface area contributed by atoms with Crippen LogP contribution in [0.3, 0.4) is 0 Å². The molecule has 6 heteroatoms. The first-order valence-corrected chi connectivity index (χ1v) is 10.2. The Morgan fingerprint density at radius 1 is 1.15 bits per heavy atom. The summed E-state index contributed by atoms with van der Waals surface area (Å²) in [5.41, 5.74) is 0. The number of amides is 2. The molecule has 3 rings (SSSR count). The van der Waals surface area contributed by atoms with Crippen molar-refractivity contribution in [3.05, 3.63) is 12.2 Å². The second-order valence-electron chi connectivity index (χ2n) is 7.63. The van der Waals surface area contributed by atoms with Crippen molar-refractivity contribution >= 4 is 11.8 Å². The molecule has 0 aromatic rings. The molecule has 2 heterocycles. The second kappa shape index (κ2) is 10.1. The number of ether oxygens (including phenoxy) is 2. The lowest BCUT2D eigenvalue weighted by Gasteiger charge is -2.36. The predicted molar refractivity (Wildman–Crippen MR) is 98.6 cm³/mol. The molecule has 2 atom stereocenters. The molecule has 0 aromatic carbocycles. The normalized spacial score (nSPS) is 27.3. The molecule has 0 radical (unpaired) electrons. The second-order valence-corrected chi connectivity index (χ2v) is 7.63. The molecule has 2 amide bonds. The van der Waals surface area contributed by atoms with Crippen LogP contribution in [-0.4, -0.2) is 61.8 Å². The lowest BCUT2D eigenvalue weighted by atomic mass is 9.86. The molecule has 146 valence electrons. The van der Waals surface area contributed by atoms with Crippen molar-refractivity contribution in [2.75, 3.05) is 32.9 Å². The van der Waals surface area contributed by atoms with Crippen LogP contribution in [0.15, 0.2) is 12.2 Å². The quantitative estimate of drug-likeness (QED) is 0.733. The maximum absolute atomic E-state index is 12.7. The zero-order chi connectivity index (χ0) is 18.2. The highest BCUT2D eigenvalue weighted by Gasteiger charge is 2.29. The number of carbonyl (C=O) groups is 2. The molecular weight excluding hydrogens is 332 g/mol. The molecule has 1 saturated heterocycles. The van der Waals surface area contributed by atoms with E-state index in [0.29, 0.717) is 51.7 Å². The number of hydrogen-bond acceptors (Lipinski definition) is 4. The van der Waals surface area contributed by atoms with E-state index in [4.69, 9.17) is 9.47 Å². The van der Waals surface area contributed by atoms with Gasteiger partial charge < -0.3 is 19.7 Å². The standard InChI is InChI=1S/C20H32N2O4/c23-19(10-9-16-6-2-1-3-7-16)22-11-13-25-15-17(22)14-21-20(24)18-8-4-5-12-26-18/h4-5,16-18H,1-3,6-15H2,(H,21,24). The Hall–Kier alpha value is -1.40. The molecule has 6 nitrogen and oxygen atoms in total. The van der Waals surface area contributed by atoms with Crippen LogP contribution in [0.25, 0.3) is 0 Å². The molecule has 26 heavy (non-hydrogen) atoms. The van der Waals surface area contributed by atoms with Crippen LogP contribution < -0.4 is 5.32 Å². The van der Waals surface area contributed by atoms with E-state index in [1.165, 1.54) is 32.1 Å². The van der Waals surface area contributed by atoms with Gasteiger partial charge in [0.25, 0.3) is 0 Å². The van der Waals surface area contributed by atoms with Gasteiger partial charge in [-0.05, 0) is 12.3 Å². The number of hydrogen-bond donors (Lipinski definition) is 1. The van der Waals surface area contributed by atoms with Gasteiger partial charge in [-0.25, -0.2) is 0 Å². The lowest BCUT2D eigenvalue weighted by Crippen LogP contribution is -2.54. The van der Waals surface area contributed by atoms with Crippen LogP contribution in [0.2, 0.25) is 0 Å². The molecule has 2 unspecified atom stereocenters. The minimum atomic E-state index is -0.417. The Bertz CT molecular complexity index is 502. The van der Waals surface area contributed by atoms with Gasteiger partial charge in [0.2, 0.25) is 11.8 Å². The maximum atomic E-state index is 12.7. The van der Waals surface area contributed by atoms with Gasteiger partial charge >= 0.3 is 0 Å². The van der Waals surface area contributed by atoms with Gasteiger partial charge in [0.1, 0.15) is 6.10 Å². The molecule has 0 bridgehead atoms. The lowest BCUT2D eigenvalue weighted by molar-refractivity contribution is -0.141. The Balaban J connectivity index is 1.44. The average molecular weight is 364 g/mol. The molecular formula is C20H32N2O4. The van der Waals surface area contributed by atoms with Gasteiger partial charge in [0.15, 0.2) is 0 Å². The first-order valence-electron chi connectivity index (χ1n) is 10.2. The van der Waals surface area contributed by atoms with Crippen LogP contribution >= 0.6 is 0 Å². The molecule has 0 spiro atoms. The Labute approximate surface area is 156 Å². The Kier molecular flexibility index (Phi) is 7.50. The molecule has 3 aliphatic rings. The largest absolute Gasteiger partial charge is 0.377 e. The van der Waals surface area contributed by atoms with Gasteiger partial charge in [-0.3, -0.25) is 9.59 Å². The fourth-order valence-electron chi connectivity index (χ4n) is 4.14. The van der Waals surface area contributed by atoms with E-state index >= 15 is 0 Å². The van der Waals surface area contributed by atoms with E-state index in [-0.39, 0.29) is 17.9 Å². The van der Waals surface area contributed by atoms with Crippen LogP contribution in [0.1, 0.15) is 51.4 Å². The summed E-state index contributed by atoms with van der Waals surface area (Å²) in [7, 11) is 0. The average Bonchev–Trinajstić information content (AvgIpc) is 2.72. The molecule has 2 aliphatic heterocycles. The number of nitrogens with zero attached hydrogens (tertiary/aromatic N) is 1. The van der Waals surface area contributed by atoms with Crippen LogP contribution in [0, 0.1) is 5.92 Å². The summed E-state index contributed by atoms with van der Waals surface area (Å²) in [6.07, 6.45) is 12.2. The van der Waals surface area contributed by atoms with E-state index in [1.54, 1.807) is 0 Å². The first kappa shape index (κ1) is 19.4. The van der Waals surface area contributed by atoms with Crippen molar-refractivity contribution in [2.24, 2.45) is 5.92 Å². The maximum Gasteiger partial charge on any atom is 0.249 e.